The molecule has 2 rings (SSSR count). The van der Waals surface area contributed by atoms with Crippen LogP contribution in [0.2, 0.25) is 0 Å². The van der Waals surface area contributed by atoms with Crippen molar-refractivity contribution in [1.29, 1.82) is 0 Å². The summed E-state index contributed by atoms with van der Waals surface area (Å²) in [7, 11) is 1.46. The summed E-state index contributed by atoms with van der Waals surface area (Å²) >= 11 is 0. The number of hydrogen-bond donors (Lipinski definition) is 0. The molecule has 15 heavy (non-hydrogen) atoms. The Bertz CT molecular complexity index is 423. The summed E-state index contributed by atoms with van der Waals surface area (Å²) in [6, 6.07) is 4.75. The first-order chi connectivity index (χ1) is 7.00. The van der Waals surface area contributed by atoms with Crippen molar-refractivity contribution < 1.29 is 17.9 Å². The number of hydrogen-bond acceptors (Lipinski definition) is 2. The third-order valence-electron chi connectivity index (χ3n) is 2.23. The lowest BCUT2D eigenvalue weighted by Crippen LogP contribution is -2.22. The summed E-state index contributed by atoms with van der Waals surface area (Å²) in [6.07, 6.45) is -4.49. The lowest BCUT2D eigenvalue weighted by atomic mass is 10.1. The van der Waals surface area contributed by atoms with E-state index in [9.17, 15) is 13.2 Å². The SMILES string of the molecule is COc1ccc2c(c1)N=C(C(F)(F)F)C2. The highest BCUT2D eigenvalue weighted by atomic mass is 19.4. The molecule has 1 heterocycles. The van der Waals surface area contributed by atoms with Gasteiger partial charge < -0.3 is 4.74 Å². The first-order valence-corrected chi connectivity index (χ1v) is 4.32. The van der Waals surface area contributed by atoms with Gasteiger partial charge in [-0.15, -0.1) is 0 Å². The van der Waals surface area contributed by atoms with Crippen LogP contribution in [-0.4, -0.2) is 19.0 Å². The van der Waals surface area contributed by atoms with Crippen LogP contribution >= 0.6 is 0 Å². The van der Waals surface area contributed by atoms with Gasteiger partial charge in [-0.3, -0.25) is 0 Å². The smallest absolute Gasteiger partial charge is 0.429 e. The van der Waals surface area contributed by atoms with Crippen molar-refractivity contribution in [3.05, 3.63) is 23.8 Å². The molecule has 0 atom stereocenters. The fourth-order valence-electron chi connectivity index (χ4n) is 1.45. The Hall–Kier alpha value is -1.52. The molecule has 0 fully saturated rings. The summed E-state index contributed by atoms with van der Waals surface area (Å²) < 4.78 is 41.9. The molecule has 0 saturated carbocycles. The van der Waals surface area contributed by atoms with E-state index in [-0.39, 0.29) is 6.42 Å². The van der Waals surface area contributed by atoms with Gasteiger partial charge in [0.1, 0.15) is 11.5 Å². The van der Waals surface area contributed by atoms with Gasteiger partial charge in [0.25, 0.3) is 0 Å². The topological polar surface area (TPSA) is 21.6 Å². The lowest BCUT2D eigenvalue weighted by Gasteiger charge is -2.03. The molecule has 1 aromatic carbocycles. The quantitative estimate of drug-likeness (QED) is 0.705. The molecule has 0 bridgehead atoms. The van der Waals surface area contributed by atoms with E-state index in [1.807, 2.05) is 0 Å². The van der Waals surface area contributed by atoms with Gasteiger partial charge in [0, 0.05) is 12.5 Å². The monoisotopic (exact) mass is 215 g/mol. The number of aliphatic imine (C=N–C) groups is 1. The van der Waals surface area contributed by atoms with Crippen molar-refractivity contribution in [3.63, 3.8) is 0 Å². The predicted octanol–water partition coefficient (Wildman–Crippen LogP) is 2.89. The molecule has 0 spiro atoms. The first kappa shape index (κ1) is 10.0. The van der Waals surface area contributed by atoms with Crippen LogP contribution in [0.4, 0.5) is 18.9 Å². The third-order valence-corrected chi connectivity index (χ3v) is 2.23. The van der Waals surface area contributed by atoms with E-state index in [1.54, 1.807) is 12.1 Å². The largest absolute Gasteiger partial charge is 0.497 e. The Labute approximate surface area is 84.4 Å². The Kier molecular flexibility index (Phi) is 2.17. The number of nitrogens with zero attached hydrogens (tertiary/aromatic N) is 1. The average Bonchev–Trinajstić information content (AvgIpc) is 2.59. The van der Waals surface area contributed by atoms with Gasteiger partial charge in [-0.1, -0.05) is 6.07 Å². The number of fused-ring (bicyclic) bond motifs is 1. The highest BCUT2D eigenvalue weighted by molar-refractivity contribution is 5.98. The van der Waals surface area contributed by atoms with Gasteiger partial charge in [0.05, 0.1) is 12.8 Å². The normalized spacial score (nSPS) is 14.8. The molecule has 0 N–H and O–H groups in total. The second kappa shape index (κ2) is 3.25. The number of ether oxygens (including phenoxy) is 1. The molecule has 0 unspecified atom stereocenters. The summed E-state index contributed by atoms with van der Waals surface area (Å²) in [5, 5.41) is 0. The first-order valence-electron chi connectivity index (χ1n) is 4.32. The molecule has 1 aliphatic rings. The number of halogens is 3. The van der Waals surface area contributed by atoms with E-state index >= 15 is 0 Å². The Morgan fingerprint density at radius 1 is 1.33 bits per heavy atom. The van der Waals surface area contributed by atoms with Crippen LogP contribution in [0.25, 0.3) is 0 Å². The standard InChI is InChI=1S/C10H8F3NO/c1-15-7-3-2-6-4-9(10(11,12)13)14-8(6)5-7/h2-3,5H,4H2,1H3. The van der Waals surface area contributed by atoms with Crippen LogP contribution in [0.5, 0.6) is 5.75 Å². The molecule has 2 nitrogen and oxygen atoms in total. The zero-order valence-electron chi connectivity index (χ0n) is 7.93. The molecule has 0 aliphatic carbocycles. The van der Waals surface area contributed by atoms with Gasteiger partial charge in [0.2, 0.25) is 0 Å². The molecule has 80 valence electrons. The fraction of sp³-hybridized carbons (Fsp3) is 0.300. The maximum atomic E-state index is 12.3. The minimum absolute atomic E-state index is 0.150. The number of methoxy groups -OCH3 is 1. The highest BCUT2D eigenvalue weighted by Crippen LogP contribution is 2.35. The average molecular weight is 215 g/mol. The van der Waals surface area contributed by atoms with Gasteiger partial charge >= 0.3 is 6.18 Å². The second-order valence-electron chi connectivity index (χ2n) is 3.23. The van der Waals surface area contributed by atoms with Crippen molar-refractivity contribution in [1.82, 2.24) is 0 Å². The van der Waals surface area contributed by atoms with Gasteiger partial charge in [0.15, 0.2) is 0 Å². The van der Waals surface area contributed by atoms with E-state index in [0.29, 0.717) is 17.0 Å². The Morgan fingerprint density at radius 3 is 2.67 bits per heavy atom. The molecule has 5 heteroatoms. The molecule has 1 aromatic rings. The van der Waals surface area contributed by atoms with Crippen molar-refractivity contribution >= 4 is 11.4 Å². The molecule has 1 aliphatic heterocycles. The summed E-state index contributed by atoms with van der Waals surface area (Å²) in [5.74, 6) is 0.515. The van der Waals surface area contributed by atoms with Crippen molar-refractivity contribution in [2.75, 3.05) is 7.11 Å². The molecule has 0 aromatic heterocycles. The van der Waals surface area contributed by atoms with E-state index in [1.165, 1.54) is 13.2 Å². The van der Waals surface area contributed by atoms with E-state index in [0.717, 1.165) is 0 Å². The van der Waals surface area contributed by atoms with Crippen molar-refractivity contribution in [2.24, 2.45) is 4.99 Å². The molecule has 0 saturated heterocycles. The van der Waals surface area contributed by atoms with Gasteiger partial charge in [-0.05, 0) is 11.6 Å². The summed E-state index contributed by atoms with van der Waals surface area (Å²) in [6.45, 7) is 0. The number of alkyl halides is 3. The molecular formula is C10H8F3NO. The van der Waals surface area contributed by atoms with E-state index in [2.05, 4.69) is 4.99 Å². The second-order valence-corrected chi connectivity index (χ2v) is 3.23. The third kappa shape index (κ3) is 1.82. The Balaban J connectivity index is 2.36. The molecule has 0 radical (unpaired) electrons. The summed E-state index contributed by atoms with van der Waals surface area (Å²) in [5.41, 5.74) is 0.190. The van der Waals surface area contributed by atoms with Crippen LogP contribution in [0.1, 0.15) is 5.56 Å². The van der Waals surface area contributed by atoms with E-state index in [4.69, 9.17) is 4.74 Å². The maximum Gasteiger partial charge on any atom is 0.429 e. The zero-order valence-corrected chi connectivity index (χ0v) is 7.93. The maximum absolute atomic E-state index is 12.3. The fourth-order valence-corrected chi connectivity index (χ4v) is 1.45. The van der Waals surface area contributed by atoms with Crippen LogP contribution in [-0.2, 0) is 6.42 Å². The number of benzene rings is 1. The number of rotatable bonds is 1. The van der Waals surface area contributed by atoms with Crippen LogP contribution < -0.4 is 4.74 Å². The van der Waals surface area contributed by atoms with Crippen LogP contribution in [0, 0.1) is 0 Å². The minimum Gasteiger partial charge on any atom is -0.497 e. The van der Waals surface area contributed by atoms with Crippen LogP contribution in [0.15, 0.2) is 23.2 Å². The predicted molar refractivity (Wildman–Crippen MR) is 49.8 cm³/mol. The minimum atomic E-state index is -4.34. The van der Waals surface area contributed by atoms with Gasteiger partial charge in [-0.25, -0.2) is 4.99 Å². The van der Waals surface area contributed by atoms with Crippen LogP contribution in [0.3, 0.4) is 0 Å². The lowest BCUT2D eigenvalue weighted by molar-refractivity contribution is -0.0597. The molecular weight excluding hydrogens is 207 g/mol. The Morgan fingerprint density at radius 2 is 2.07 bits per heavy atom. The highest BCUT2D eigenvalue weighted by Gasteiger charge is 2.38. The van der Waals surface area contributed by atoms with Crippen molar-refractivity contribution in [2.45, 2.75) is 12.6 Å². The van der Waals surface area contributed by atoms with Crippen molar-refractivity contribution in [3.8, 4) is 5.75 Å². The summed E-state index contributed by atoms with van der Waals surface area (Å²) in [4.78, 5) is 3.54. The zero-order chi connectivity index (χ0) is 11.1. The molecule has 0 amide bonds. The van der Waals surface area contributed by atoms with Gasteiger partial charge in [-0.2, -0.15) is 13.2 Å². The van der Waals surface area contributed by atoms with E-state index < -0.39 is 11.9 Å².